The first-order valence-corrected chi connectivity index (χ1v) is 39.2. The zero-order valence-electron chi connectivity index (χ0n) is 60.3. The summed E-state index contributed by atoms with van der Waals surface area (Å²) in [5.41, 5.74) is 21.8. The van der Waals surface area contributed by atoms with Gasteiger partial charge in [-0.25, -0.2) is 29.9 Å². The lowest BCUT2D eigenvalue weighted by atomic mass is 9.98. The molecule has 0 aliphatic carbocycles. The highest BCUT2D eigenvalue weighted by Gasteiger charge is 2.24. The van der Waals surface area contributed by atoms with Gasteiger partial charge in [-0.05, 0) is 100 Å². The predicted octanol–water partition coefficient (Wildman–Crippen LogP) is 27.3. The summed E-state index contributed by atoms with van der Waals surface area (Å²) in [6, 6.07) is 137. The molecule has 0 unspecified atom stereocenters. The van der Waals surface area contributed by atoms with Crippen molar-refractivity contribution in [2.24, 2.45) is 0 Å². The number of rotatable bonds is 12. The van der Waals surface area contributed by atoms with E-state index >= 15 is 0 Å². The zero-order chi connectivity index (χ0) is 74.0. The minimum atomic E-state index is 0.624. The van der Waals surface area contributed by atoms with E-state index in [4.69, 9.17) is 29.9 Å². The van der Waals surface area contributed by atoms with Crippen molar-refractivity contribution in [2.45, 2.75) is 0 Å². The molecule has 0 bridgehead atoms. The van der Waals surface area contributed by atoms with Crippen LogP contribution in [0.1, 0.15) is 0 Å². The fraction of sp³-hybridized carbons (Fsp3) is 0. The Labute approximate surface area is 653 Å². The summed E-state index contributed by atoms with van der Waals surface area (Å²) in [6.07, 6.45) is 0. The van der Waals surface area contributed by atoms with E-state index in [0.29, 0.717) is 34.9 Å². The summed E-state index contributed by atoms with van der Waals surface area (Å²) in [7, 11) is 0. The van der Waals surface area contributed by atoms with Gasteiger partial charge in [0.1, 0.15) is 0 Å². The second kappa shape index (κ2) is 28.0. The minimum Gasteiger partial charge on any atom is -0.309 e. The van der Waals surface area contributed by atoms with Crippen molar-refractivity contribution in [3.05, 3.63) is 388 Å². The second-order valence-corrected chi connectivity index (χ2v) is 30.1. The first-order chi connectivity index (χ1) is 55.5. The third kappa shape index (κ3) is 11.8. The number of hydrogen-bond donors (Lipinski definition) is 0. The fourth-order valence-corrected chi connectivity index (χ4v) is 18.6. The molecule has 10 heteroatoms. The third-order valence-corrected chi connectivity index (χ3v) is 23.8. The number of nitrogens with zero attached hydrogens (tertiary/aromatic N) is 8. The summed E-state index contributed by atoms with van der Waals surface area (Å²) in [5.74, 6) is 3.79. The molecule has 524 valence electrons. The number of para-hydroxylation sites is 2. The summed E-state index contributed by atoms with van der Waals surface area (Å²) < 4.78 is 10.0. The van der Waals surface area contributed by atoms with Crippen molar-refractivity contribution in [3.8, 4) is 124 Å². The highest BCUT2D eigenvalue weighted by molar-refractivity contribution is 7.26. The number of benzene rings is 16. The molecule has 0 aliphatic rings. The molecule has 0 amide bonds. The molecule has 0 spiro atoms. The van der Waals surface area contributed by atoms with Crippen LogP contribution in [0.25, 0.3) is 208 Å². The Balaban J connectivity index is 0.000000141. The molecule has 22 rings (SSSR count). The molecule has 0 fully saturated rings. The average Bonchev–Trinajstić information content (AvgIpc) is 1.58. The molecule has 6 aromatic heterocycles. The first-order valence-electron chi connectivity index (χ1n) is 37.6. The lowest BCUT2D eigenvalue weighted by Gasteiger charge is -2.12. The van der Waals surface area contributed by atoms with Crippen molar-refractivity contribution in [2.75, 3.05) is 0 Å². The van der Waals surface area contributed by atoms with Gasteiger partial charge >= 0.3 is 0 Å². The molecule has 8 nitrogen and oxygen atoms in total. The molecule has 0 N–H and O–H groups in total. The molecule has 0 atom stereocenters. The Kier molecular flexibility index (Phi) is 16.4. The van der Waals surface area contributed by atoms with Gasteiger partial charge in [-0.2, -0.15) is 0 Å². The van der Waals surface area contributed by atoms with Crippen LogP contribution in [-0.4, -0.2) is 39.0 Å². The zero-order valence-corrected chi connectivity index (χ0v) is 62.0. The van der Waals surface area contributed by atoms with E-state index in [-0.39, 0.29) is 0 Å². The highest BCUT2D eigenvalue weighted by atomic mass is 32.1. The molecule has 0 radical (unpaired) electrons. The average molecular weight is 1470 g/mol. The lowest BCUT2D eigenvalue weighted by molar-refractivity contribution is 1.07. The molecule has 6 heterocycles. The maximum absolute atomic E-state index is 5.15. The van der Waals surface area contributed by atoms with Gasteiger partial charge < -0.3 is 9.13 Å². The van der Waals surface area contributed by atoms with Crippen molar-refractivity contribution in [1.82, 2.24) is 39.0 Å². The molecule has 22 aromatic rings. The van der Waals surface area contributed by atoms with Gasteiger partial charge in [-0.3, -0.25) is 0 Å². The van der Waals surface area contributed by atoms with Crippen molar-refractivity contribution in [3.63, 3.8) is 0 Å². The van der Waals surface area contributed by atoms with E-state index in [0.717, 1.165) is 83.5 Å². The number of hydrogen-bond acceptors (Lipinski definition) is 8. The molecule has 0 saturated heterocycles. The monoisotopic (exact) mass is 1460 g/mol. The van der Waals surface area contributed by atoms with Crippen LogP contribution in [0.15, 0.2) is 388 Å². The largest absolute Gasteiger partial charge is 0.309 e. The van der Waals surface area contributed by atoms with Crippen LogP contribution >= 0.6 is 22.7 Å². The number of aromatic nitrogens is 8. The Hall–Kier alpha value is -14.4. The van der Waals surface area contributed by atoms with Gasteiger partial charge in [0.05, 0.1) is 22.1 Å². The van der Waals surface area contributed by atoms with E-state index in [1.165, 1.54) is 89.7 Å². The molecule has 0 aliphatic heterocycles. The van der Waals surface area contributed by atoms with Gasteiger partial charge in [0.2, 0.25) is 0 Å². The van der Waals surface area contributed by atoms with Crippen LogP contribution in [0.3, 0.4) is 0 Å². The predicted molar refractivity (Wildman–Crippen MR) is 468 cm³/mol. The maximum atomic E-state index is 5.15. The van der Waals surface area contributed by atoms with E-state index in [1.54, 1.807) is 0 Å². The Bertz CT molecular complexity index is 7370. The summed E-state index contributed by atoms with van der Waals surface area (Å²) in [5, 5.41) is 10.1. The molecule has 16 aromatic carbocycles. The first kappa shape index (κ1) is 65.8. The van der Waals surface area contributed by atoms with E-state index in [2.05, 4.69) is 337 Å². The van der Waals surface area contributed by atoms with Crippen LogP contribution in [-0.2, 0) is 0 Å². The van der Waals surface area contributed by atoms with Crippen molar-refractivity contribution >= 4 is 107 Å². The van der Waals surface area contributed by atoms with E-state index < -0.39 is 0 Å². The Morgan fingerprint density at radius 2 is 0.455 bits per heavy atom. The Morgan fingerprint density at radius 3 is 0.902 bits per heavy atom. The van der Waals surface area contributed by atoms with Gasteiger partial charge in [0.15, 0.2) is 34.9 Å². The quantitative estimate of drug-likeness (QED) is 0.121. The fourth-order valence-electron chi connectivity index (χ4n) is 16.1. The maximum Gasteiger partial charge on any atom is 0.164 e. The smallest absolute Gasteiger partial charge is 0.164 e. The molecule has 112 heavy (non-hydrogen) atoms. The Morgan fingerprint density at radius 1 is 0.179 bits per heavy atom. The SMILES string of the molecule is c1ccc(-c2ccc(-c3nc(-c4ccccc4)nc(-c4cccc(-n5c6ccccc6c6c(-c7cccc8c7sc7ccccc78)cccc65)c4)n3)cc2)cc1.c1ccc(-c2cccc(-c3nc(-c4ccccc4)nc(-c4cccc(-n5c6ccccc6c6c(-c7cccc8c7sc7ccccc78)cccc65)c4)n3)c2)cc1. The molecular formula is C102H64N8S2. The highest BCUT2D eigenvalue weighted by Crippen LogP contribution is 2.48. The summed E-state index contributed by atoms with van der Waals surface area (Å²) in [4.78, 5) is 30.5. The van der Waals surface area contributed by atoms with Crippen LogP contribution in [0, 0.1) is 0 Å². The summed E-state index contributed by atoms with van der Waals surface area (Å²) in [6.45, 7) is 0. The number of fused-ring (bicyclic) bond motifs is 12. The topological polar surface area (TPSA) is 87.2 Å². The van der Waals surface area contributed by atoms with Crippen LogP contribution in [0.5, 0.6) is 0 Å². The van der Waals surface area contributed by atoms with E-state index in [9.17, 15) is 0 Å². The van der Waals surface area contributed by atoms with Crippen LogP contribution < -0.4 is 0 Å². The van der Waals surface area contributed by atoms with Gasteiger partial charge in [0, 0.05) is 118 Å². The van der Waals surface area contributed by atoms with Gasteiger partial charge in [-0.1, -0.05) is 322 Å². The van der Waals surface area contributed by atoms with Crippen molar-refractivity contribution < 1.29 is 0 Å². The van der Waals surface area contributed by atoms with E-state index in [1.807, 2.05) is 83.3 Å². The van der Waals surface area contributed by atoms with Gasteiger partial charge in [-0.15, -0.1) is 22.7 Å². The van der Waals surface area contributed by atoms with Crippen molar-refractivity contribution in [1.29, 1.82) is 0 Å². The standard InChI is InChI=1S/2C51H32N4S/c1-3-15-33(16-4-1)35-19-11-20-36(31-35)50-52-49(34-17-5-2-6-18-34)53-51(54-50)37-21-12-22-38(32-37)55-44-28-9-7-24-43(44)47-40(25-14-29-45(47)55)42-27-13-26-41-39-23-8-10-30-46(39)56-48(41)42;1-3-14-33(15-4-1)34-28-30-36(31-29-34)50-52-49(35-16-5-2-6-17-35)53-51(54-50)37-18-11-19-38(32-37)55-44-25-9-7-21-43(44)47-40(22-13-26-45(47)55)42-24-12-23-41-39-20-8-10-27-46(39)56-48(41)42/h2*1-32H. The molecule has 0 saturated carbocycles. The molecular weight excluding hydrogens is 1400 g/mol. The number of thiophene rings is 2. The second-order valence-electron chi connectivity index (χ2n) is 28.0. The lowest BCUT2D eigenvalue weighted by Crippen LogP contribution is -2.01. The normalized spacial score (nSPS) is 11.6. The minimum absolute atomic E-state index is 0.624. The van der Waals surface area contributed by atoms with Gasteiger partial charge in [0.25, 0.3) is 0 Å². The third-order valence-electron chi connectivity index (χ3n) is 21.3. The van der Waals surface area contributed by atoms with Crippen LogP contribution in [0.2, 0.25) is 0 Å². The van der Waals surface area contributed by atoms with Crippen LogP contribution in [0.4, 0.5) is 0 Å². The summed E-state index contributed by atoms with van der Waals surface area (Å²) >= 11 is 3.74.